The van der Waals surface area contributed by atoms with E-state index in [2.05, 4.69) is 10.3 Å². The molecule has 5 heteroatoms. The predicted octanol–water partition coefficient (Wildman–Crippen LogP) is 3.71. The van der Waals surface area contributed by atoms with E-state index in [1.54, 1.807) is 11.8 Å². The molecule has 0 fully saturated rings. The molecule has 0 aliphatic heterocycles. The van der Waals surface area contributed by atoms with Crippen LogP contribution in [0.5, 0.6) is 5.75 Å². The van der Waals surface area contributed by atoms with Gasteiger partial charge in [0.15, 0.2) is 0 Å². The zero-order valence-corrected chi connectivity index (χ0v) is 13.0. The van der Waals surface area contributed by atoms with E-state index in [-0.39, 0.29) is 0 Å². The van der Waals surface area contributed by atoms with Crippen molar-refractivity contribution < 1.29 is 4.74 Å². The van der Waals surface area contributed by atoms with Gasteiger partial charge < -0.3 is 4.74 Å². The second kappa shape index (κ2) is 6.62. The van der Waals surface area contributed by atoms with Crippen LogP contribution in [0.1, 0.15) is 11.3 Å². The Labute approximate surface area is 134 Å². The van der Waals surface area contributed by atoms with Gasteiger partial charge in [0.2, 0.25) is 0 Å². The van der Waals surface area contributed by atoms with Gasteiger partial charge in [-0.15, -0.1) is 5.10 Å². The number of methoxy groups -OCH3 is 1. The standard InChI is InChI=1S/C17H16ClN3O/c1-22-16-10-8-13(17(18)11-16)7-9-14-12-21(20-19-14)15-5-3-2-4-6-15/h2-6,8,10-12H,7,9H2,1H3. The zero-order valence-electron chi connectivity index (χ0n) is 12.2. The molecule has 22 heavy (non-hydrogen) atoms. The van der Waals surface area contributed by atoms with Crippen molar-refractivity contribution in [2.24, 2.45) is 0 Å². The lowest BCUT2D eigenvalue weighted by atomic mass is 10.1. The van der Waals surface area contributed by atoms with Crippen molar-refractivity contribution >= 4 is 11.6 Å². The van der Waals surface area contributed by atoms with E-state index < -0.39 is 0 Å². The highest BCUT2D eigenvalue weighted by atomic mass is 35.5. The van der Waals surface area contributed by atoms with Crippen LogP contribution in [0.2, 0.25) is 5.02 Å². The minimum Gasteiger partial charge on any atom is -0.497 e. The second-order valence-electron chi connectivity index (χ2n) is 4.95. The first-order valence-corrected chi connectivity index (χ1v) is 7.43. The van der Waals surface area contributed by atoms with Gasteiger partial charge in [0, 0.05) is 5.02 Å². The van der Waals surface area contributed by atoms with Crippen molar-refractivity contribution in [3.05, 3.63) is 71.0 Å². The van der Waals surface area contributed by atoms with Gasteiger partial charge in [-0.2, -0.15) is 0 Å². The summed E-state index contributed by atoms with van der Waals surface area (Å²) in [5.74, 6) is 0.767. The summed E-state index contributed by atoms with van der Waals surface area (Å²) in [6, 6.07) is 15.7. The summed E-state index contributed by atoms with van der Waals surface area (Å²) in [5.41, 5.74) is 3.02. The maximum absolute atomic E-state index is 6.25. The number of aryl methyl sites for hydroxylation is 2. The molecule has 0 radical (unpaired) electrons. The number of ether oxygens (including phenoxy) is 1. The van der Waals surface area contributed by atoms with Crippen LogP contribution in [0, 0.1) is 0 Å². The van der Waals surface area contributed by atoms with Crippen LogP contribution in [0.25, 0.3) is 5.69 Å². The van der Waals surface area contributed by atoms with Crippen LogP contribution in [0.4, 0.5) is 0 Å². The van der Waals surface area contributed by atoms with Crippen molar-refractivity contribution in [2.45, 2.75) is 12.8 Å². The summed E-state index contributed by atoms with van der Waals surface area (Å²) in [6.07, 6.45) is 3.56. The lowest BCUT2D eigenvalue weighted by Crippen LogP contribution is -1.94. The average molecular weight is 314 g/mol. The highest BCUT2D eigenvalue weighted by Gasteiger charge is 2.06. The van der Waals surface area contributed by atoms with Gasteiger partial charge in [0.05, 0.1) is 24.7 Å². The van der Waals surface area contributed by atoms with Crippen molar-refractivity contribution in [3.8, 4) is 11.4 Å². The summed E-state index contributed by atoms with van der Waals surface area (Å²) >= 11 is 6.25. The van der Waals surface area contributed by atoms with Crippen molar-refractivity contribution in [1.82, 2.24) is 15.0 Å². The molecule has 0 unspecified atom stereocenters. The lowest BCUT2D eigenvalue weighted by Gasteiger charge is -2.05. The van der Waals surface area contributed by atoms with Crippen molar-refractivity contribution in [1.29, 1.82) is 0 Å². The molecule has 0 spiro atoms. The van der Waals surface area contributed by atoms with Gasteiger partial charge in [-0.1, -0.05) is 41.1 Å². The second-order valence-corrected chi connectivity index (χ2v) is 5.35. The van der Waals surface area contributed by atoms with E-state index >= 15 is 0 Å². The van der Waals surface area contributed by atoms with E-state index in [1.165, 1.54) is 0 Å². The molecule has 2 aromatic carbocycles. The third-order valence-corrected chi connectivity index (χ3v) is 3.82. The highest BCUT2D eigenvalue weighted by Crippen LogP contribution is 2.23. The summed E-state index contributed by atoms with van der Waals surface area (Å²) in [6.45, 7) is 0. The molecule has 3 aromatic rings. The molecular weight excluding hydrogens is 298 g/mol. The molecule has 0 saturated carbocycles. The first-order chi connectivity index (χ1) is 10.8. The monoisotopic (exact) mass is 313 g/mol. The average Bonchev–Trinajstić information content (AvgIpc) is 3.03. The van der Waals surface area contributed by atoms with Gasteiger partial charge in [-0.25, -0.2) is 4.68 Å². The Morgan fingerprint density at radius 1 is 1.09 bits per heavy atom. The smallest absolute Gasteiger partial charge is 0.120 e. The Morgan fingerprint density at radius 2 is 1.91 bits per heavy atom. The zero-order chi connectivity index (χ0) is 15.4. The summed E-state index contributed by atoms with van der Waals surface area (Å²) in [4.78, 5) is 0. The third kappa shape index (κ3) is 3.28. The van der Waals surface area contributed by atoms with Gasteiger partial charge in [-0.3, -0.25) is 0 Å². The highest BCUT2D eigenvalue weighted by molar-refractivity contribution is 6.31. The third-order valence-electron chi connectivity index (χ3n) is 3.47. The Kier molecular flexibility index (Phi) is 4.39. The van der Waals surface area contributed by atoms with E-state index in [1.807, 2.05) is 54.7 Å². The quantitative estimate of drug-likeness (QED) is 0.721. The van der Waals surface area contributed by atoms with E-state index in [0.717, 1.165) is 40.6 Å². The van der Waals surface area contributed by atoms with Gasteiger partial charge in [0.25, 0.3) is 0 Å². The van der Waals surface area contributed by atoms with Crippen LogP contribution < -0.4 is 4.74 Å². The largest absolute Gasteiger partial charge is 0.497 e. The number of hydrogen-bond acceptors (Lipinski definition) is 3. The minimum absolute atomic E-state index is 0.717. The molecular formula is C17H16ClN3O. The summed E-state index contributed by atoms with van der Waals surface area (Å²) < 4.78 is 6.94. The number of rotatable bonds is 5. The Balaban J connectivity index is 1.69. The number of halogens is 1. The lowest BCUT2D eigenvalue weighted by molar-refractivity contribution is 0.414. The Morgan fingerprint density at radius 3 is 2.64 bits per heavy atom. The molecule has 3 rings (SSSR count). The molecule has 0 aliphatic carbocycles. The molecule has 0 bridgehead atoms. The van der Waals surface area contributed by atoms with Crippen LogP contribution in [0.3, 0.4) is 0 Å². The maximum atomic E-state index is 6.25. The van der Waals surface area contributed by atoms with Crippen LogP contribution in [-0.4, -0.2) is 22.1 Å². The first kappa shape index (κ1) is 14.6. The summed E-state index contributed by atoms with van der Waals surface area (Å²) in [5, 5.41) is 9.10. The minimum atomic E-state index is 0.717. The molecule has 0 atom stereocenters. The van der Waals surface area contributed by atoms with Crippen LogP contribution in [-0.2, 0) is 12.8 Å². The summed E-state index contributed by atoms with van der Waals surface area (Å²) in [7, 11) is 1.63. The fourth-order valence-corrected chi connectivity index (χ4v) is 2.51. The van der Waals surface area contributed by atoms with Gasteiger partial charge >= 0.3 is 0 Å². The SMILES string of the molecule is COc1ccc(CCc2cn(-c3ccccc3)nn2)c(Cl)c1. The number of nitrogens with zero attached hydrogens (tertiary/aromatic N) is 3. The fraction of sp³-hybridized carbons (Fsp3) is 0.176. The molecule has 0 saturated heterocycles. The van der Waals surface area contributed by atoms with E-state index in [0.29, 0.717) is 0 Å². The molecule has 1 aromatic heterocycles. The molecule has 0 N–H and O–H groups in total. The fourth-order valence-electron chi connectivity index (χ4n) is 2.24. The van der Waals surface area contributed by atoms with Gasteiger partial charge in [-0.05, 0) is 42.7 Å². The number of hydrogen-bond donors (Lipinski definition) is 0. The molecule has 0 amide bonds. The van der Waals surface area contributed by atoms with Crippen molar-refractivity contribution in [3.63, 3.8) is 0 Å². The first-order valence-electron chi connectivity index (χ1n) is 7.05. The maximum Gasteiger partial charge on any atom is 0.120 e. The molecule has 4 nitrogen and oxygen atoms in total. The number of para-hydroxylation sites is 1. The number of benzene rings is 2. The molecule has 1 heterocycles. The Hall–Kier alpha value is -2.33. The normalized spacial score (nSPS) is 10.6. The van der Waals surface area contributed by atoms with E-state index in [4.69, 9.17) is 16.3 Å². The molecule has 112 valence electrons. The number of aromatic nitrogens is 3. The molecule has 0 aliphatic rings. The van der Waals surface area contributed by atoms with E-state index in [9.17, 15) is 0 Å². The predicted molar refractivity (Wildman–Crippen MR) is 86.8 cm³/mol. The van der Waals surface area contributed by atoms with Crippen LogP contribution in [0.15, 0.2) is 54.7 Å². The van der Waals surface area contributed by atoms with Crippen molar-refractivity contribution in [2.75, 3.05) is 7.11 Å². The van der Waals surface area contributed by atoms with Crippen LogP contribution >= 0.6 is 11.6 Å². The Bertz CT molecular complexity index is 756. The topological polar surface area (TPSA) is 39.9 Å². The van der Waals surface area contributed by atoms with Gasteiger partial charge in [0.1, 0.15) is 5.75 Å².